The Morgan fingerprint density at radius 3 is 2.55 bits per heavy atom. The quantitative estimate of drug-likeness (QED) is 0.312. The zero-order chi connectivity index (χ0) is 16.8. The van der Waals surface area contributed by atoms with Crippen molar-refractivity contribution in [3.63, 3.8) is 0 Å². The van der Waals surface area contributed by atoms with Crippen molar-refractivity contribution in [3.05, 3.63) is 34.4 Å². The third-order valence-electron chi connectivity index (χ3n) is 2.47. The number of aliphatic hydroxyl groups is 1. The Labute approximate surface area is 129 Å². The predicted molar refractivity (Wildman–Crippen MR) is 84.0 cm³/mol. The highest BCUT2D eigenvalue weighted by molar-refractivity contribution is 5.78. The Morgan fingerprint density at radius 2 is 2.05 bits per heavy atom. The van der Waals surface area contributed by atoms with E-state index in [0.29, 0.717) is 5.75 Å². The Balaban J connectivity index is 2.41. The minimum absolute atomic E-state index is 0.0153. The molecule has 0 bridgehead atoms. The molecule has 0 saturated heterocycles. The van der Waals surface area contributed by atoms with Crippen LogP contribution in [-0.2, 0) is 0 Å². The second kappa shape index (κ2) is 7.60. The fourth-order valence-electron chi connectivity index (χ4n) is 1.54. The maximum absolute atomic E-state index is 10.5. The summed E-state index contributed by atoms with van der Waals surface area (Å²) in [6.07, 6.45) is -0.824. The van der Waals surface area contributed by atoms with E-state index in [0.717, 1.165) is 0 Å². The molecule has 22 heavy (non-hydrogen) atoms. The first-order valence-corrected chi connectivity index (χ1v) is 6.81. The molecule has 1 aromatic rings. The van der Waals surface area contributed by atoms with Crippen molar-refractivity contribution < 1.29 is 14.8 Å². The molecule has 0 heterocycles. The number of nitro groups is 1. The SMILES string of the molecule is CC(C)(C)NC(N)=NCC(O)COc1ccc([N+](=O)[O-])cc1. The standard InChI is InChI=1S/C14H22N4O4/c1-14(2,3)17-13(15)16-8-11(19)9-22-12-6-4-10(5-7-12)18(20)21/h4-7,11,19H,8-9H2,1-3H3,(H3,15,16,17). The molecule has 0 aliphatic heterocycles. The van der Waals surface area contributed by atoms with Gasteiger partial charge in [-0.05, 0) is 32.9 Å². The van der Waals surface area contributed by atoms with Gasteiger partial charge in [-0.3, -0.25) is 15.1 Å². The minimum Gasteiger partial charge on any atom is -0.491 e. The fraction of sp³-hybridized carbons (Fsp3) is 0.500. The van der Waals surface area contributed by atoms with Crippen molar-refractivity contribution >= 4 is 11.6 Å². The number of aliphatic hydroxyl groups excluding tert-OH is 1. The number of hydrogen-bond donors (Lipinski definition) is 3. The van der Waals surface area contributed by atoms with Crippen molar-refractivity contribution in [3.8, 4) is 5.75 Å². The van der Waals surface area contributed by atoms with Crippen LogP contribution >= 0.6 is 0 Å². The number of nitro benzene ring substituents is 1. The van der Waals surface area contributed by atoms with Crippen LogP contribution in [-0.4, -0.2) is 40.8 Å². The summed E-state index contributed by atoms with van der Waals surface area (Å²) >= 11 is 0. The first kappa shape index (κ1) is 17.7. The van der Waals surface area contributed by atoms with Gasteiger partial charge in [0.1, 0.15) is 18.5 Å². The first-order chi connectivity index (χ1) is 10.2. The summed E-state index contributed by atoms with van der Waals surface area (Å²) in [7, 11) is 0. The third kappa shape index (κ3) is 6.89. The van der Waals surface area contributed by atoms with Gasteiger partial charge < -0.3 is 20.9 Å². The van der Waals surface area contributed by atoms with E-state index in [1.54, 1.807) is 0 Å². The van der Waals surface area contributed by atoms with Gasteiger partial charge in [0.2, 0.25) is 0 Å². The maximum Gasteiger partial charge on any atom is 0.269 e. The molecule has 1 unspecified atom stereocenters. The van der Waals surface area contributed by atoms with Crippen LogP contribution in [0.3, 0.4) is 0 Å². The largest absolute Gasteiger partial charge is 0.491 e. The number of nitrogens with two attached hydrogens (primary N) is 1. The van der Waals surface area contributed by atoms with E-state index in [9.17, 15) is 15.2 Å². The Hall–Kier alpha value is -2.35. The van der Waals surface area contributed by atoms with Gasteiger partial charge in [-0.1, -0.05) is 0 Å². The fourth-order valence-corrected chi connectivity index (χ4v) is 1.54. The maximum atomic E-state index is 10.5. The Kier molecular flexibility index (Phi) is 6.11. The average Bonchev–Trinajstić information content (AvgIpc) is 2.41. The lowest BCUT2D eigenvalue weighted by Crippen LogP contribution is -2.45. The summed E-state index contributed by atoms with van der Waals surface area (Å²) in [6.45, 7) is 5.96. The van der Waals surface area contributed by atoms with E-state index in [-0.39, 0.29) is 30.3 Å². The number of aliphatic imine (C=N–C) groups is 1. The Morgan fingerprint density at radius 1 is 1.45 bits per heavy atom. The number of rotatable bonds is 6. The number of ether oxygens (including phenoxy) is 1. The molecule has 0 fully saturated rings. The van der Waals surface area contributed by atoms with Gasteiger partial charge >= 0.3 is 0 Å². The van der Waals surface area contributed by atoms with Gasteiger partial charge in [0.25, 0.3) is 5.69 Å². The smallest absolute Gasteiger partial charge is 0.269 e. The summed E-state index contributed by atoms with van der Waals surface area (Å²) in [4.78, 5) is 14.1. The molecule has 1 aromatic carbocycles. The predicted octanol–water partition coefficient (Wildman–Crippen LogP) is 1.04. The molecule has 8 heteroatoms. The normalized spacial score (nSPS) is 13.5. The second-order valence-corrected chi connectivity index (χ2v) is 5.82. The molecule has 0 spiro atoms. The summed E-state index contributed by atoms with van der Waals surface area (Å²) in [5.74, 6) is 0.691. The van der Waals surface area contributed by atoms with E-state index < -0.39 is 11.0 Å². The molecule has 0 aromatic heterocycles. The number of benzene rings is 1. The van der Waals surface area contributed by atoms with Crippen LogP contribution in [0.4, 0.5) is 5.69 Å². The highest BCUT2D eigenvalue weighted by atomic mass is 16.6. The van der Waals surface area contributed by atoms with Crippen LogP contribution in [0.15, 0.2) is 29.3 Å². The van der Waals surface area contributed by atoms with Crippen molar-refractivity contribution in [2.24, 2.45) is 10.7 Å². The number of nitrogens with zero attached hydrogens (tertiary/aromatic N) is 2. The van der Waals surface area contributed by atoms with Crippen molar-refractivity contribution in [2.75, 3.05) is 13.2 Å². The molecule has 1 rings (SSSR count). The number of nitrogens with one attached hydrogen (secondary N) is 1. The lowest BCUT2D eigenvalue weighted by molar-refractivity contribution is -0.384. The van der Waals surface area contributed by atoms with Gasteiger partial charge in [-0.25, -0.2) is 0 Å². The third-order valence-corrected chi connectivity index (χ3v) is 2.47. The monoisotopic (exact) mass is 310 g/mol. The number of non-ortho nitro benzene ring substituents is 1. The minimum atomic E-state index is -0.824. The summed E-state index contributed by atoms with van der Waals surface area (Å²) < 4.78 is 5.33. The van der Waals surface area contributed by atoms with E-state index in [2.05, 4.69) is 10.3 Å². The number of hydrogen-bond acceptors (Lipinski definition) is 5. The molecule has 8 nitrogen and oxygen atoms in total. The van der Waals surface area contributed by atoms with Gasteiger partial charge in [0, 0.05) is 17.7 Å². The molecule has 0 amide bonds. The van der Waals surface area contributed by atoms with Gasteiger partial charge in [-0.15, -0.1) is 0 Å². The van der Waals surface area contributed by atoms with Crippen molar-refractivity contribution in [1.82, 2.24) is 5.32 Å². The molecular formula is C14H22N4O4. The first-order valence-electron chi connectivity index (χ1n) is 6.81. The topological polar surface area (TPSA) is 123 Å². The molecule has 0 aliphatic rings. The van der Waals surface area contributed by atoms with Crippen LogP contribution < -0.4 is 15.8 Å². The van der Waals surface area contributed by atoms with Gasteiger partial charge in [0.05, 0.1) is 11.5 Å². The van der Waals surface area contributed by atoms with E-state index in [1.807, 2.05) is 20.8 Å². The summed E-state index contributed by atoms with van der Waals surface area (Å²) in [6, 6.07) is 5.63. The van der Waals surface area contributed by atoms with Crippen molar-refractivity contribution in [1.29, 1.82) is 0 Å². The lowest BCUT2D eigenvalue weighted by atomic mass is 10.1. The van der Waals surface area contributed by atoms with Crippen LogP contribution in [0.5, 0.6) is 5.75 Å². The zero-order valence-corrected chi connectivity index (χ0v) is 12.9. The van der Waals surface area contributed by atoms with Gasteiger partial charge in [0.15, 0.2) is 5.96 Å². The molecule has 1 atom stereocenters. The molecule has 0 radical (unpaired) electrons. The second-order valence-electron chi connectivity index (χ2n) is 5.82. The van der Waals surface area contributed by atoms with Crippen LogP contribution in [0, 0.1) is 10.1 Å². The van der Waals surface area contributed by atoms with Crippen LogP contribution in [0.2, 0.25) is 0 Å². The molecule has 122 valence electrons. The van der Waals surface area contributed by atoms with Gasteiger partial charge in [-0.2, -0.15) is 0 Å². The molecular weight excluding hydrogens is 288 g/mol. The zero-order valence-electron chi connectivity index (χ0n) is 12.9. The van der Waals surface area contributed by atoms with E-state index in [4.69, 9.17) is 10.5 Å². The van der Waals surface area contributed by atoms with Crippen LogP contribution in [0.1, 0.15) is 20.8 Å². The Bertz CT molecular complexity index is 523. The van der Waals surface area contributed by atoms with E-state index in [1.165, 1.54) is 24.3 Å². The highest BCUT2D eigenvalue weighted by Gasteiger charge is 2.11. The highest BCUT2D eigenvalue weighted by Crippen LogP contribution is 2.17. The van der Waals surface area contributed by atoms with Crippen molar-refractivity contribution in [2.45, 2.75) is 32.4 Å². The average molecular weight is 310 g/mol. The lowest BCUT2D eigenvalue weighted by Gasteiger charge is -2.21. The van der Waals surface area contributed by atoms with E-state index >= 15 is 0 Å². The molecule has 4 N–H and O–H groups in total. The molecule has 0 aliphatic carbocycles. The number of guanidine groups is 1. The summed E-state index contributed by atoms with van der Waals surface area (Å²) in [5, 5.41) is 23.3. The molecule has 0 saturated carbocycles. The van der Waals surface area contributed by atoms with Crippen LogP contribution in [0.25, 0.3) is 0 Å². The summed E-state index contributed by atoms with van der Waals surface area (Å²) in [5.41, 5.74) is 5.47.